The van der Waals surface area contributed by atoms with Crippen LogP contribution in [0.3, 0.4) is 0 Å². The van der Waals surface area contributed by atoms with Crippen molar-refractivity contribution in [3.05, 3.63) is 29.8 Å². The van der Waals surface area contributed by atoms with Crippen LogP contribution in [0.2, 0.25) is 0 Å². The third-order valence-electron chi connectivity index (χ3n) is 3.63. The van der Waals surface area contributed by atoms with Crippen molar-refractivity contribution >= 4 is 17.7 Å². The van der Waals surface area contributed by atoms with Gasteiger partial charge >= 0.3 is 12.0 Å². The summed E-state index contributed by atoms with van der Waals surface area (Å²) >= 11 is 0. The van der Waals surface area contributed by atoms with Crippen LogP contribution >= 0.6 is 0 Å². The average Bonchev–Trinajstić information content (AvgIpc) is 3.27. The van der Waals surface area contributed by atoms with E-state index in [9.17, 15) is 18.4 Å². The third kappa shape index (κ3) is 4.16. The fraction of sp³-hybridized carbons (Fsp3) is 0.467. The van der Waals surface area contributed by atoms with Crippen LogP contribution in [-0.4, -0.2) is 31.1 Å². The van der Waals surface area contributed by atoms with Gasteiger partial charge in [-0.05, 0) is 37.0 Å². The summed E-state index contributed by atoms with van der Waals surface area (Å²) in [6, 6.07) is 6.21. The highest BCUT2D eigenvalue weighted by Gasteiger charge is 2.52. The number of carbonyl (C=O) groups is 2. The van der Waals surface area contributed by atoms with Gasteiger partial charge < -0.3 is 15.4 Å². The van der Waals surface area contributed by atoms with Crippen molar-refractivity contribution in [1.82, 2.24) is 5.32 Å². The molecular formula is C15H18F2N2O3. The number of rotatable bonds is 6. The first kappa shape index (κ1) is 16.2. The first-order valence-corrected chi connectivity index (χ1v) is 6.98. The van der Waals surface area contributed by atoms with Crippen LogP contribution in [0.1, 0.15) is 24.8 Å². The molecule has 1 aromatic carbocycles. The van der Waals surface area contributed by atoms with Crippen molar-refractivity contribution in [2.75, 3.05) is 12.4 Å². The summed E-state index contributed by atoms with van der Waals surface area (Å²) in [6.07, 6.45) is -1.15. The van der Waals surface area contributed by atoms with Crippen molar-refractivity contribution in [3.8, 4) is 0 Å². The standard InChI is InChI=1S/C15H18F2N2O3/c1-22-12(20)7-4-10-2-5-11(6-3-10)18-14(21)19-15(8-9-15)13(16)17/h2-3,5-6,13H,4,7-9H2,1H3,(H2,18,19,21). The van der Waals surface area contributed by atoms with Gasteiger partial charge in [0.05, 0.1) is 7.11 Å². The largest absolute Gasteiger partial charge is 0.469 e. The molecule has 1 aliphatic rings. The molecule has 5 nitrogen and oxygen atoms in total. The van der Waals surface area contributed by atoms with Crippen LogP contribution in [0.15, 0.2) is 24.3 Å². The van der Waals surface area contributed by atoms with E-state index in [2.05, 4.69) is 15.4 Å². The van der Waals surface area contributed by atoms with Gasteiger partial charge in [0.15, 0.2) is 0 Å². The second-order valence-corrected chi connectivity index (χ2v) is 5.31. The topological polar surface area (TPSA) is 67.4 Å². The highest BCUT2D eigenvalue weighted by molar-refractivity contribution is 5.90. The summed E-state index contributed by atoms with van der Waals surface area (Å²) in [4.78, 5) is 22.7. The predicted octanol–water partition coefficient (Wildman–Crippen LogP) is 2.71. The van der Waals surface area contributed by atoms with Gasteiger partial charge in [-0.25, -0.2) is 13.6 Å². The Kier molecular flexibility index (Phi) is 4.95. The maximum Gasteiger partial charge on any atom is 0.319 e. The first-order valence-electron chi connectivity index (χ1n) is 6.98. The summed E-state index contributed by atoms with van der Waals surface area (Å²) in [5.74, 6) is -0.289. The summed E-state index contributed by atoms with van der Waals surface area (Å²) < 4.78 is 30.0. The molecule has 0 atom stereocenters. The highest BCUT2D eigenvalue weighted by Crippen LogP contribution is 2.40. The Labute approximate surface area is 127 Å². The number of aryl methyl sites for hydroxylation is 1. The molecule has 2 N–H and O–H groups in total. The Morgan fingerprint density at radius 2 is 1.91 bits per heavy atom. The van der Waals surface area contributed by atoms with Gasteiger partial charge in [0.2, 0.25) is 0 Å². The number of anilines is 1. The average molecular weight is 312 g/mol. The van der Waals surface area contributed by atoms with E-state index < -0.39 is 18.0 Å². The van der Waals surface area contributed by atoms with E-state index in [0.717, 1.165) is 5.56 Å². The van der Waals surface area contributed by atoms with Gasteiger partial charge in [-0.15, -0.1) is 0 Å². The molecular weight excluding hydrogens is 294 g/mol. The molecule has 2 amide bonds. The molecule has 2 rings (SSSR count). The Hall–Kier alpha value is -2.18. The summed E-state index contributed by atoms with van der Waals surface area (Å²) in [7, 11) is 1.33. The van der Waals surface area contributed by atoms with Crippen LogP contribution in [0, 0.1) is 0 Å². The lowest BCUT2D eigenvalue weighted by Crippen LogP contribution is -2.44. The highest BCUT2D eigenvalue weighted by atomic mass is 19.3. The SMILES string of the molecule is COC(=O)CCc1ccc(NC(=O)NC2(C(F)F)CC2)cc1. The zero-order chi connectivity index (χ0) is 16.2. The Morgan fingerprint density at radius 3 is 2.41 bits per heavy atom. The van der Waals surface area contributed by atoms with Gasteiger partial charge in [0.1, 0.15) is 5.54 Å². The number of nitrogens with one attached hydrogen (secondary N) is 2. The minimum absolute atomic E-state index is 0.278. The Balaban J connectivity index is 1.83. The van der Waals surface area contributed by atoms with Gasteiger partial charge in [-0.1, -0.05) is 12.1 Å². The molecule has 0 aromatic heterocycles. The van der Waals surface area contributed by atoms with Gasteiger partial charge in [0.25, 0.3) is 6.43 Å². The zero-order valence-electron chi connectivity index (χ0n) is 12.2. The molecule has 22 heavy (non-hydrogen) atoms. The molecule has 120 valence electrons. The smallest absolute Gasteiger partial charge is 0.319 e. The number of urea groups is 1. The van der Waals surface area contributed by atoms with Crippen molar-refractivity contribution < 1.29 is 23.1 Å². The van der Waals surface area contributed by atoms with Gasteiger partial charge in [-0.3, -0.25) is 4.79 Å². The zero-order valence-corrected chi connectivity index (χ0v) is 12.2. The van der Waals surface area contributed by atoms with Crippen LogP contribution in [0.25, 0.3) is 0 Å². The van der Waals surface area contributed by atoms with Crippen molar-refractivity contribution in [2.45, 2.75) is 37.6 Å². The molecule has 1 aromatic rings. The van der Waals surface area contributed by atoms with Gasteiger partial charge in [-0.2, -0.15) is 0 Å². The number of alkyl halides is 2. The van der Waals surface area contributed by atoms with E-state index in [1.54, 1.807) is 24.3 Å². The van der Waals surface area contributed by atoms with E-state index >= 15 is 0 Å². The summed E-state index contributed by atoms with van der Waals surface area (Å²) in [6.45, 7) is 0. The number of esters is 1. The summed E-state index contributed by atoms with van der Waals surface area (Å²) in [5.41, 5.74) is 0.0665. The maximum absolute atomic E-state index is 12.7. The number of benzene rings is 1. The van der Waals surface area contributed by atoms with Crippen molar-refractivity contribution in [3.63, 3.8) is 0 Å². The normalized spacial score (nSPS) is 15.3. The van der Waals surface area contributed by atoms with Crippen LogP contribution in [-0.2, 0) is 16.0 Å². The second kappa shape index (κ2) is 6.72. The lowest BCUT2D eigenvalue weighted by molar-refractivity contribution is -0.140. The lowest BCUT2D eigenvalue weighted by Gasteiger charge is -2.16. The molecule has 0 heterocycles. The van der Waals surface area contributed by atoms with E-state index in [1.807, 2.05) is 0 Å². The number of carbonyl (C=O) groups excluding carboxylic acids is 2. The summed E-state index contributed by atoms with van der Waals surface area (Å²) in [5, 5.41) is 4.84. The number of methoxy groups -OCH3 is 1. The number of amides is 2. The molecule has 1 fully saturated rings. The number of ether oxygens (including phenoxy) is 1. The minimum atomic E-state index is -2.56. The Morgan fingerprint density at radius 1 is 1.27 bits per heavy atom. The monoisotopic (exact) mass is 312 g/mol. The molecule has 1 aliphatic carbocycles. The van der Waals surface area contributed by atoms with Crippen molar-refractivity contribution in [1.29, 1.82) is 0 Å². The van der Waals surface area contributed by atoms with Gasteiger partial charge in [0, 0.05) is 12.1 Å². The second-order valence-electron chi connectivity index (χ2n) is 5.31. The molecule has 0 spiro atoms. The quantitative estimate of drug-likeness (QED) is 0.794. The molecule has 7 heteroatoms. The first-order chi connectivity index (χ1) is 10.4. The van der Waals surface area contributed by atoms with Crippen LogP contribution < -0.4 is 10.6 Å². The fourth-order valence-electron chi connectivity index (χ4n) is 2.02. The fourth-order valence-corrected chi connectivity index (χ4v) is 2.02. The molecule has 0 unspecified atom stereocenters. The number of hydrogen-bond donors (Lipinski definition) is 2. The van der Waals surface area contributed by atoms with E-state index in [1.165, 1.54) is 7.11 Å². The predicted molar refractivity (Wildman–Crippen MR) is 76.9 cm³/mol. The molecule has 0 bridgehead atoms. The van der Waals surface area contributed by atoms with E-state index in [0.29, 0.717) is 24.9 Å². The van der Waals surface area contributed by atoms with Crippen LogP contribution in [0.5, 0.6) is 0 Å². The number of hydrogen-bond acceptors (Lipinski definition) is 3. The van der Waals surface area contributed by atoms with E-state index in [4.69, 9.17) is 0 Å². The van der Waals surface area contributed by atoms with E-state index in [-0.39, 0.29) is 12.4 Å². The minimum Gasteiger partial charge on any atom is -0.469 e. The van der Waals surface area contributed by atoms with Crippen LogP contribution in [0.4, 0.5) is 19.3 Å². The van der Waals surface area contributed by atoms with Crippen molar-refractivity contribution in [2.24, 2.45) is 0 Å². The molecule has 1 saturated carbocycles. The molecule has 0 radical (unpaired) electrons. The lowest BCUT2D eigenvalue weighted by atomic mass is 10.1. The Bertz CT molecular complexity index is 542. The molecule has 0 aliphatic heterocycles. The third-order valence-corrected chi connectivity index (χ3v) is 3.63. The molecule has 0 saturated heterocycles. The number of halogens is 2. The maximum atomic E-state index is 12.7.